The third-order valence-electron chi connectivity index (χ3n) is 4.58. The van der Waals surface area contributed by atoms with Crippen molar-refractivity contribution in [2.45, 2.75) is 20.5 Å². The van der Waals surface area contributed by atoms with Gasteiger partial charge < -0.3 is 14.2 Å². The first kappa shape index (κ1) is 23.2. The zero-order chi connectivity index (χ0) is 22.9. The number of nitrogens with zero attached hydrogens (tertiary/aromatic N) is 1. The molecular formula is C25H25ClN2O4. The molecule has 3 rings (SSSR count). The number of rotatable bonds is 9. The van der Waals surface area contributed by atoms with Gasteiger partial charge >= 0.3 is 0 Å². The molecule has 0 saturated carbocycles. The van der Waals surface area contributed by atoms with Crippen LogP contribution in [0, 0.1) is 6.92 Å². The summed E-state index contributed by atoms with van der Waals surface area (Å²) in [5, 5.41) is 4.60. The smallest absolute Gasteiger partial charge is 0.271 e. The van der Waals surface area contributed by atoms with Crippen molar-refractivity contribution in [2.75, 3.05) is 13.7 Å². The highest BCUT2D eigenvalue weighted by atomic mass is 35.5. The molecule has 0 saturated heterocycles. The van der Waals surface area contributed by atoms with Gasteiger partial charge in [0.25, 0.3) is 5.91 Å². The average molecular weight is 453 g/mol. The van der Waals surface area contributed by atoms with Gasteiger partial charge in [-0.25, -0.2) is 5.43 Å². The lowest BCUT2D eigenvalue weighted by Gasteiger charge is -2.11. The Morgan fingerprint density at radius 1 is 1.00 bits per heavy atom. The van der Waals surface area contributed by atoms with E-state index in [0.29, 0.717) is 46.6 Å². The molecule has 0 atom stereocenters. The van der Waals surface area contributed by atoms with Crippen molar-refractivity contribution in [1.82, 2.24) is 5.43 Å². The lowest BCUT2D eigenvalue weighted by molar-refractivity contribution is 0.0954. The van der Waals surface area contributed by atoms with Crippen LogP contribution in [0.4, 0.5) is 0 Å². The van der Waals surface area contributed by atoms with Gasteiger partial charge in [0, 0.05) is 16.1 Å². The zero-order valence-corrected chi connectivity index (χ0v) is 19.0. The molecular weight excluding hydrogens is 428 g/mol. The predicted molar refractivity (Wildman–Crippen MR) is 126 cm³/mol. The minimum Gasteiger partial charge on any atom is -0.493 e. The van der Waals surface area contributed by atoms with Crippen LogP contribution in [-0.4, -0.2) is 25.8 Å². The number of hydrogen-bond donors (Lipinski definition) is 1. The molecule has 0 aliphatic heterocycles. The monoisotopic (exact) mass is 452 g/mol. The van der Waals surface area contributed by atoms with Gasteiger partial charge in [-0.05, 0) is 55.8 Å². The van der Waals surface area contributed by atoms with Crippen molar-refractivity contribution in [3.63, 3.8) is 0 Å². The third-order valence-corrected chi connectivity index (χ3v) is 4.82. The minimum absolute atomic E-state index is 0.383. The maximum atomic E-state index is 12.5. The summed E-state index contributed by atoms with van der Waals surface area (Å²) in [6.07, 6.45) is 1.50. The second-order valence-corrected chi connectivity index (χ2v) is 7.39. The highest BCUT2D eigenvalue weighted by Gasteiger charge is 2.11. The molecule has 1 amide bonds. The van der Waals surface area contributed by atoms with Crippen LogP contribution in [0.1, 0.15) is 34.0 Å². The largest absolute Gasteiger partial charge is 0.493 e. The predicted octanol–water partition coefficient (Wildman–Crippen LogP) is 5.40. The van der Waals surface area contributed by atoms with Crippen molar-refractivity contribution in [3.8, 4) is 17.2 Å². The van der Waals surface area contributed by atoms with Crippen molar-refractivity contribution < 1.29 is 19.0 Å². The van der Waals surface area contributed by atoms with Gasteiger partial charge in [0.1, 0.15) is 12.4 Å². The number of benzene rings is 3. The molecule has 1 N–H and O–H groups in total. The molecule has 0 aliphatic carbocycles. The summed E-state index contributed by atoms with van der Waals surface area (Å²) in [6.45, 7) is 4.82. The number of carbonyl (C=O) groups is 1. The van der Waals surface area contributed by atoms with Gasteiger partial charge in [-0.15, -0.1) is 0 Å². The molecule has 0 spiro atoms. The fourth-order valence-electron chi connectivity index (χ4n) is 2.91. The molecule has 0 radical (unpaired) electrons. The van der Waals surface area contributed by atoms with E-state index in [0.717, 1.165) is 5.56 Å². The molecule has 0 aliphatic rings. The molecule has 0 heterocycles. The van der Waals surface area contributed by atoms with Gasteiger partial charge in [-0.2, -0.15) is 5.10 Å². The maximum absolute atomic E-state index is 12.5. The van der Waals surface area contributed by atoms with Crippen LogP contribution < -0.4 is 19.6 Å². The summed E-state index contributed by atoms with van der Waals surface area (Å²) >= 11 is 6.13. The van der Waals surface area contributed by atoms with E-state index in [1.54, 1.807) is 36.4 Å². The third kappa shape index (κ3) is 6.25. The Morgan fingerprint density at radius 3 is 2.47 bits per heavy atom. The van der Waals surface area contributed by atoms with Gasteiger partial charge in [0.05, 0.1) is 19.9 Å². The number of nitrogens with one attached hydrogen (secondary N) is 1. The molecule has 32 heavy (non-hydrogen) atoms. The van der Waals surface area contributed by atoms with E-state index < -0.39 is 0 Å². The van der Waals surface area contributed by atoms with Gasteiger partial charge in [0.15, 0.2) is 11.5 Å². The summed E-state index contributed by atoms with van der Waals surface area (Å²) in [7, 11) is 1.52. The standard InChI is InChI=1S/C25H25ClN2O4/c1-4-31-23-11-9-19(14-24(23)30-3)25(29)28-27-15-20-13-21(26)10-12-22(20)32-16-18-7-5-17(2)6-8-18/h5-15H,4,16H2,1-3H3,(H,28,29)/b27-15+. The van der Waals surface area contributed by atoms with Crippen LogP contribution >= 0.6 is 11.6 Å². The number of methoxy groups -OCH3 is 1. The molecule has 0 unspecified atom stereocenters. The van der Waals surface area contributed by atoms with Gasteiger partial charge in [0.2, 0.25) is 0 Å². The SMILES string of the molecule is CCOc1ccc(C(=O)N/N=C/c2cc(Cl)ccc2OCc2ccc(C)cc2)cc1OC. The molecule has 0 fully saturated rings. The highest BCUT2D eigenvalue weighted by molar-refractivity contribution is 6.30. The van der Waals surface area contributed by atoms with Crippen LogP contribution in [0.2, 0.25) is 5.02 Å². The normalized spacial score (nSPS) is 10.8. The zero-order valence-electron chi connectivity index (χ0n) is 18.2. The fraction of sp³-hybridized carbons (Fsp3) is 0.200. The summed E-state index contributed by atoms with van der Waals surface area (Å²) in [5.74, 6) is 1.27. The molecule has 3 aromatic carbocycles. The molecule has 3 aromatic rings. The van der Waals surface area contributed by atoms with E-state index in [9.17, 15) is 4.79 Å². The number of amides is 1. The summed E-state index contributed by atoms with van der Waals surface area (Å²) in [6, 6.07) is 18.3. The van der Waals surface area contributed by atoms with Crippen LogP contribution in [0.3, 0.4) is 0 Å². The summed E-state index contributed by atoms with van der Waals surface area (Å²) < 4.78 is 16.7. The Kier molecular flexibility index (Phi) is 8.11. The van der Waals surface area contributed by atoms with E-state index in [4.69, 9.17) is 25.8 Å². The van der Waals surface area contributed by atoms with Gasteiger partial charge in [-0.3, -0.25) is 4.79 Å². The van der Waals surface area contributed by atoms with Crippen LogP contribution in [0.25, 0.3) is 0 Å². The first-order chi connectivity index (χ1) is 15.5. The van der Waals surface area contributed by atoms with E-state index in [1.807, 2.05) is 38.1 Å². The second kappa shape index (κ2) is 11.2. The van der Waals surface area contributed by atoms with E-state index in [-0.39, 0.29) is 5.91 Å². The van der Waals surface area contributed by atoms with E-state index >= 15 is 0 Å². The minimum atomic E-state index is -0.383. The Hall–Kier alpha value is -3.51. The molecule has 166 valence electrons. The number of aryl methyl sites for hydroxylation is 1. The van der Waals surface area contributed by atoms with Crippen molar-refractivity contribution in [2.24, 2.45) is 5.10 Å². The molecule has 0 aromatic heterocycles. The van der Waals surface area contributed by atoms with E-state index in [2.05, 4.69) is 10.5 Å². The van der Waals surface area contributed by atoms with Crippen molar-refractivity contribution in [3.05, 3.63) is 87.9 Å². The second-order valence-electron chi connectivity index (χ2n) is 6.95. The lowest BCUT2D eigenvalue weighted by Crippen LogP contribution is -2.17. The van der Waals surface area contributed by atoms with Crippen LogP contribution in [0.15, 0.2) is 65.8 Å². The van der Waals surface area contributed by atoms with E-state index in [1.165, 1.54) is 18.9 Å². The quantitative estimate of drug-likeness (QED) is 0.348. The molecule has 0 bridgehead atoms. The molecule has 7 heteroatoms. The number of ether oxygens (including phenoxy) is 3. The molecule has 6 nitrogen and oxygen atoms in total. The topological polar surface area (TPSA) is 69.2 Å². The fourth-order valence-corrected chi connectivity index (χ4v) is 3.09. The lowest BCUT2D eigenvalue weighted by atomic mass is 10.1. The maximum Gasteiger partial charge on any atom is 0.271 e. The van der Waals surface area contributed by atoms with Gasteiger partial charge in [-0.1, -0.05) is 41.4 Å². The van der Waals surface area contributed by atoms with Crippen molar-refractivity contribution in [1.29, 1.82) is 0 Å². The Balaban J connectivity index is 1.68. The van der Waals surface area contributed by atoms with Crippen LogP contribution in [0.5, 0.6) is 17.2 Å². The van der Waals surface area contributed by atoms with Crippen LogP contribution in [-0.2, 0) is 6.61 Å². The Labute approximate surface area is 192 Å². The number of hydrogen-bond acceptors (Lipinski definition) is 5. The summed E-state index contributed by atoms with van der Waals surface area (Å²) in [4.78, 5) is 12.5. The number of carbonyl (C=O) groups excluding carboxylic acids is 1. The average Bonchev–Trinajstić information content (AvgIpc) is 2.80. The highest BCUT2D eigenvalue weighted by Crippen LogP contribution is 2.28. The summed E-state index contributed by atoms with van der Waals surface area (Å²) in [5.41, 5.74) is 5.79. The van der Waals surface area contributed by atoms with Crippen molar-refractivity contribution >= 4 is 23.7 Å². The Morgan fingerprint density at radius 2 is 1.75 bits per heavy atom. The Bertz CT molecular complexity index is 1100. The first-order valence-electron chi connectivity index (χ1n) is 10.1. The number of halogens is 1. The number of hydrazone groups is 1. The first-order valence-corrected chi connectivity index (χ1v) is 10.5.